The number of anilines is 1. The van der Waals surface area contributed by atoms with Crippen LogP contribution in [0.1, 0.15) is 11.1 Å². The molecule has 0 radical (unpaired) electrons. The van der Waals surface area contributed by atoms with E-state index in [9.17, 15) is 18.0 Å². The number of halogens is 4. The molecule has 0 atom stereocenters. The number of carbonyl (C=O) groups is 1. The summed E-state index contributed by atoms with van der Waals surface area (Å²) in [5.41, 5.74) is -0.0870. The molecule has 0 spiro atoms. The summed E-state index contributed by atoms with van der Waals surface area (Å²) >= 11 is 7.09. The summed E-state index contributed by atoms with van der Waals surface area (Å²) in [5.74, 6) is 0.168. The van der Waals surface area contributed by atoms with Crippen molar-refractivity contribution in [2.75, 3.05) is 11.1 Å². The Hall–Kier alpha value is -1.66. The molecule has 122 valence electrons. The molecule has 23 heavy (non-hydrogen) atoms. The lowest BCUT2D eigenvalue weighted by atomic mass is 10.1. The van der Waals surface area contributed by atoms with Gasteiger partial charge < -0.3 is 5.32 Å². The third-order valence-corrected chi connectivity index (χ3v) is 4.18. The lowest BCUT2D eigenvalue weighted by molar-refractivity contribution is -0.137. The molecule has 0 aromatic heterocycles. The topological polar surface area (TPSA) is 29.1 Å². The van der Waals surface area contributed by atoms with E-state index in [1.807, 2.05) is 12.1 Å². The van der Waals surface area contributed by atoms with E-state index >= 15 is 0 Å². The van der Waals surface area contributed by atoms with Crippen LogP contribution in [0.4, 0.5) is 18.9 Å². The van der Waals surface area contributed by atoms with Gasteiger partial charge in [0.25, 0.3) is 0 Å². The number of hydrogen-bond acceptors (Lipinski definition) is 2. The number of amides is 1. The molecule has 0 aliphatic rings. The lowest BCUT2D eigenvalue weighted by Gasteiger charge is -2.13. The molecule has 2 nitrogen and oxygen atoms in total. The highest BCUT2D eigenvalue weighted by Gasteiger charge is 2.33. The Morgan fingerprint density at radius 3 is 2.39 bits per heavy atom. The van der Waals surface area contributed by atoms with Crippen LogP contribution in [0.5, 0.6) is 0 Å². The van der Waals surface area contributed by atoms with E-state index in [2.05, 4.69) is 5.32 Å². The van der Waals surface area contributed by atoms with Gasteiger partial charge in [0.1, 0.15) is 0 Å². The van der Waals surface area contributed by atoms with Gasteiger partial charge in [-0.3, -0.25) is 4.79 Å². The first-order valence-corrected chi connectivity index (χ1v) is 8.18. The Kier molecular flexibility index (Phi) is 5.96. The predicted molar refractivity (Wildman–Crippen MR) is 87.7 cm³/mol. The van der Waals surface area contributed by atoms with E-state index in [0.717, 1.165) is 11.6 Å². The SMILES string of the molecule is O=C(CSCc1ccc(Cl)cc1)Nc1ccccc1C(F)(F)F. The lowest BCUT2D eigenvalue weighted by Crippen LogP contribution is -2.18. The van der Waals surface area contributed by atoms with Crippen LogP contribution in [-0.2, 0) is 16.7 Å². The minimum absolute atomic E-state index is 0.0643. The number of benzene rings is 2. The fourth-order valence-corrected chi connectivity index (χ4v) is 2.78. The van der Waals surface area contributed by atoms with E-state index in [-0.39, 0.29) is 11.4 Å². The van der Waals surface area contributed by atoms with Crippen molar-refractivity contribution >= 4 is 35.0 Å². The number of hydrogen-bond donors (Lipinski definition) is 1. The van der Waals surface area contributed by atoms with E-state index in [1.165, 1.54) is 30.0 Å². The van der Waals surface area contributed by atoms with Crippen LogP contribution in [0, 0.1) is 0 Å². The van der Waals surface area contributed by atoms with E-state index in [4.69, 9.17) is 11.6 Å². The van der Waals surface area contributed by atoms with Gasteiger partial charge in [-0.05, 0) is 29.8 Å². The zero-order valence-corrected chi connectivity index (χ0v) is 13.4. The molecule has 2 rings (SSSR count). The molecule has 0 saturated carbocycles. The summed E-state index contributed by atoms with van der Waals surface area (Å²) in [5, 5.41) is 2.94. The maximum atomic E-state index is 12.8. The Morgan fingerprint density at radius 1 is 1.09 bits per heavy atom. The largest absolute Gasteiger partial charge is 0.418 e. The van der Waals surface area contributed by atoms with Crippen molar-refractivity contribution in [3.8, 4) is 0 Å². The molecule has 0 aliphatic carbocycles. The molecule has 7 heteroatoms. The fraction of sp³-hybridized carbons (Fsp3) is 0.188. The monoisotopic (exact) mass is 359 g/mol. The molecule has 0 unspecified atom stereocenters. The van der Waals surface area contributed by atoms with Crippen molar-refractivity contribution in [1.29, 1.82) is 0 Å². The minimum atomic E-state index is -4.50. The second kappa shape index (κ2) is 7.75. The first-order chi connectivity index (χ1) is 10.9. The van der Waals surface area contributed by atoms with Crippen molar-refractivity contribution in [2.24, 2.45) is 0 Å². The number of alkyl halides is 3. The Labute approximate surface area is 141 Å². The van der Waals surface area contributed by atoms with Gasteiger partial charge in [-0.15, -0.1) is 11.8 Å². The van der Waals surface area contributed by atoms with Crippen molar-refractivity contribution in [1.82, 2.24) is 0 Å². The van der Waals surface area contributed by atoms with Gasteiger partial charge in [-0.1, -0.05) is 35.9 Å². The third-order valence-electron chi connectivity index (χ3n) is 2.92. The maximum Gasteiger partial charge on any atom is 0.418 e. The van der Waals surface area contributed by atoms with E-state index in [0.29, 0.717) is 10.8 Å². The first-order valence-electron chi connectivity index (χ1n) is 6.64. The first kappa shape index (κ1) is 17.7. The molecular formula is C16H13ClF3NOS. The van der Waals surface area contributed by atoms with Gasteiger partial charge in [0, 0.05) is 10.8 Å². The van der Waals surface area contributed by atoms with Crippen LogP contribution < -0.4 is 5.32 Å². The highest BCUT2D eigenvalue weighted by atomic mass is 35.5. The zero-order valence-electron chi connectivity index (χ0n) is 11.9. The summed E-state index contributed by atoms with van der Waals surface area (Å²) in [6, 6.07) is 12.1. The number of thioether (sulfide) groups is 1. The van der Waals surface area contributed by atoms with Crippen molar-refractivity contribution < 1.29 is 18.0 Å². The predicted octanol–water partition coefficient (Wildman–Crippen LogP) is 5.23. The molecule has 2 aromatic rings. The van der Waals surface area contributed by atoms with Gasteiger partial charge in [0.05, 0.1) is 17.0 Å². The molecule has 0 saturated heterocycles. The third kappa shape index (κ3) is 5.48. The van der Waals surface area contributed by atoms with E-state index in [1.54, 1.807) is 12.1 Å². The summed E-state index contributed by atoms with van der Waals surface area (Å²) in [7, 11) is 0. The zero-order chi connectivity index (χ0) is 16.9. The van der Waals surface area contributed by atoms with Crippen molar-refractivity contribution in [2.45, 2.75) is 11.9 Å². The van der Waals surface area contributed by atoms with Crippen LogP contribution in [0.15, 0.2) is 48.5 Å². The van der Waals surface area contributed by atoms with Crippen LogP contribution in [0.25, 0.3) is 0 Å². The Balaban J connectivity index is 1.89. The summed E-state index contributed by atoms with van der Waals surface area (Å²) in [6.45, 7) is 0. The standard InChI is InChI=1S/C16H13ClF3NOS/c17-12-7-5-11(6-8-12)9-23-10-15(22)21-14-4-2-1-3-13(14)16(18,19)20/h1-8H,9-10H2,(H,21,22). The molecule has 0 fully saturated rings. The average Bonchev–Trinajstić information content (AvgIpc) is 2.49. The highest BCUT2D eigenvalue weighted by Crippen LogP contribution is 2.34. The molecule has 0 heterocycles. The highest BCUT2D eigenvalue weighted by molar-refractivity contribution is 7.99. The van der Waals surface area contributed by atoms with Gasteiger partial charge in [-0.25, -0.2) is 0 Å². The van der Waals surface area contributed by atoms with Crippen LogP contribution in [-0.4, -0.2) is 11.7 Å². The van der Waals surface area contributed by atoms with Gasteiger partial charge in [0.15, 0.2) is 0 Å². The number of para-hydroxylation sites is 1. The average molecular weight is 360 g/mol. The van der Waals surface area contributed by atoms with Crippen LogP contribution in [0.2, 0.25) is 5.02 Å². The van der Waals surface area contributed by atoms with Gasteiger partial charge in [0.2, 0.25) is 5.91 Å². The van der Waals surface area contributed by atoms with Crippen LogP contribution in [0.3, 0.4) is 0 Å². The van der Waals surface area contributed by atoms with Gasteiger partial charge in [-0.2, -0.15) is 13.2 Å². The molecule has 0 bridgehead atoms. The van der Waals surface area contributed by atoms with Gasteiger partial charge >= 0.3 is 6.18 Å². The Morgan fingerprint density at radius 2 is 1.74 bits per heavy atom. The second-order valence-electron chi connectivity index (χ2n) is 4.71. The molecule has 2 aromatic carbocycles. The number of nitrogens with one attached hydrogen (secondary N) is 1. The molecule has 0 aliphatic heterocycles. The molecule has 1 N–H and O–H groups in total. The Bertz CT molecular complexity index is 674. The normalized spacial score (nSPS) is 11.3. The van der Waals surface area contributed by atoms with E-state index < -0.39 is 17.6 Å². The quantitative estimate of drug-likeness (QED) is 0.791. The maximum absolute atomic E-state index is 12.8. The summed E-state index contributed by atoms with van der Waals surface area (Å²) in [6.07, 6.45) is -4.50. The molecule has 1 amide bonds. The molecular weight excluding hydrogens is 347 g/mol. The second-order valence-corrected chi connectivity index (χ2v) is 6.13. The summed E-state index contributed by atoms with van der Waals surface area (Å²) in [4.78, 5) is 11.8. The van der Waals surface area contributed by atoms with Crippen molar-refractivity contribution in [3.63, 3.8) is 0 Å². The summed E-state index contributed by atoms with van der Waals surface area (Å²) < 4.78 is 38.5. The fourth-order valence-electron chi connectivity index (χ4n) is 1.87. The van der Waals surface area contributed by atoms with Crippen LogP contribution >= 0.6 is 23.4 Å². The number of rotatable bonds is 5. The minimum Gasteiger partial charge on any atom is -0.325 e. The smallest absolute Gasteiger partial charge is 0.325 e. The number of carbonyl (C=O) groups excluding carboxylic acids is 1. The van der Waals surface area contributed by atoms with Crippen molar-refractivity contribution in [3.05, 3.63) is 64.7 Å².